The Morgan fingerprint density at radius 3 is 2.80 bits per heavy atom. The number of nitrogens with zero attached hydrogens (tertiary/aromatic N) is 1. The summed E-state index contributed by atoms with van der Waals surface area (Å²) in [6.45, 7) is 0.934. The highest BCUT2D eigenvalue weighted by molar-refractivity contribution is 5.80. The van der Waals surface area contributed by atoms with Gasteiger partial charge in [-0.2, -0.15) is 0 Å². The molecule has 0 spiro atoms. The van der Waals surface area contributed by atoms with E-state index in [1.54, 1.807) is 0 Å². The molecule has 1 aliphatic rings. The Morgan fingerprint density at radius 1 is 1.40 bits per heavy atom. The van der Waals surface area contributed by atoms with Gasteiger partial charge in [-0.3, -0.25) is 0 Å². The zero-order valence-corrected chi connectivity index (χ0v) is 8.85. The van der Waals surface area contributed by atoms with Gasteiger partial charge in [0.1, 0.15) is 6.04 Å². The van der Waals surface area contributed by atoms with Gasteiger partial charge in [0.2, 0.25) is 0 Å². The number of carbonyl (C=O) groups excluding carboxylic acids is 1. The van der Waals surface area contributed by atoms with E-state index in [0.717, 1.165) is 25.1 Å². The fraction of sp³-hybridized carbons (Fsp3) is 0.417. The first kappa shape index (κ1) is 10.0. The van der Waals surface area contributed by atoms with E-state index in [-0.39, 0.29) is 12.0 Å². The summed E-state index contributed by atoms with van der Waals surface area (Å²) in [5.41, 5.74) is 1.10. The maximum absolute atomic E-state index is 11.5. The second-order valence-electron chi connectivity index (χ2n) is 3.71. The fourth-order valence-electron chi connectivity index (χ4n) is 2.08. The molecule has 1 aromatic carbocycles. The second kappa shape index (κ2) is 4.34. The Labute approximate surface area is 89.7 Å². The quantitative estimate of drug-likeness (QED) is 0.690. The molecule has 0 bridgehead atoms. The third-order valence-electron chi connectivity index (χ3n) is 2.81. The van der Waals surface area contributed by atoms with Crippen molar-refractivity contribution in [2.24, 2.45) is 0 Å². The molecular formula is C12H15NO2. The lowest BCUT2D eigenvalue weighted by atomic mass is 10.2. The van der Waals surface area contributed by atoms with Crippen LogP contribution in [0.3, 0.4) is 0 Å². The highest BCUT2D eigenvalue weighted by atomic mass is 16.5. The lowest BCUT2D eigenvalue weighted by Gasteiger charge is -2.24. The van der Waals surface area contributed by atoms with Crippen LogP contribution in [0.2, 0.25) is 0 Å². The number of ether oxygens (including phenoxy) is 1. The van der Waals surface area contributed by atoms with Crippen LogP contribution >= 0.6 is 0 Å². The van der Waals surface area contributed by atoms with Crippen LogP contribution in [0.25, 0.3) is 0 Å². The molecular weight excluding hydrogens is 190 g/mol. The van der Waals surface area contributed by atoms with Crippen LogP contribution in [0.15, 0.2) is 30.3 Å². The molecule has 1 heterocycles. The summed E-state index contributed by atoms with van der Waals surface area (Å²) in [4.78, 5) is 13.7. The summed E-state index contributed by atoms with van der Waals surface area (Å²) >= 11 is 0. The number of para-hydroxylation sites is 1. The number of esters is 1. The maximum atomic E-state index is 11.5. The monoisotopic (exact) mass is 205 g/mol. The van der Waals surface area contributed by atoms with Crippen LogP contribution in [0.4, 0.5) is 5.69 Å². The van der Waals surface area contributed by atoms with Gasteiger partial charge in [0.25, 0.3) is 0 Å². The summed E-state index contributed by atoms with van der Waals surface area (Å²) in [7, 11) is 1.45. The summed E-state index contributed by atoms with van der Waals surface area (Å²) in [5, 5.41) is 0. The minimum absolute atomic E-state index is 0.0996. The number of anilines is 1. The van der Waals surface area contributed by atoms with Crippen molar-refractivity contribution in [3.63, 3.8) is 0 Å². The number of benzene rings is 1. The molecule has 0 aromatic heterocycles. The first-order chi connectivity index (χ1) is 7.33. The lowest BCUT2D eigenvalue weighted by Crippen LogP contribution is -2.36. The van der Waals surface area contributed by atoms with Crippen LogP contribution in [-0.4, -0.2) is 25.7 Å². The molecule has 1 saturated heterocycles. The second-order valence-corrected chi connectivity index (χ2v) is 3.71. The van der Waals surface area contributed by atoms with Gasteiger partial charge >= 0.3 is 5.97 Å². The Hall–Kier alpha value is -1.51. The van der Waals surface area contributed by atoms with E-state index in [4.69, 9.17) is 4.74 Å². The van der Waals surface area contributed by atoms with Gasteiger partial charge in [0.05, 0.1) is 7.11 Å². The predicted octanol–water partition coefficient (Wildman–Crippen LogP) is 1.83. The Kier molecular flexibility index (Phi) is 2.90. The molecule has 0 saturated carbocycles. The molecule has 2 rings (SSSR count). The third-order valence-corrected chi connectivity index (χ3v) is 2.81. The van der Waals surface area contributed by atoms with Crippen LogP contribution in [0.5, 0.6) is 0 Å². The van der Waals surface area contributed by atoms with Crippen molar-refractivity contribution >= 4 is 11.7 Å². The molecule has 0 N–H and O–H groups in total. The first-order valence-electron chi connectivity index (χ1n) is 5.22. The zero-order valence-electron chi connectivity index (χ0n) is 8.85. The van der Waals surface area contributed by atoms with Gasteiger partial charge in [0, 0.05) is 12.2 Å². The number of rotatable bonds is 2. The van der Waals surface area contributed by atoms with E-state index in [1.165, 1.54) is 7.11 Å². The minimum atomic E-state index is -0.128. The van der Waals surface area contributed by atoms with Crippen LogP contribution in [0.1, 0.15) is 12.8 Å². The van der Waals surface area contributed by atoms with E-state index in [1.807, 2.05) is 30.3 Å². The average molecular weight is 205 g/mol. The smallest absolute Gasteiger partial charge is 0.328 e. The van der Waals surface area contributed by atoms with Crippen LogP contribution in [-0.2, 0) is 9.53 Å². The standard InChI is InChI=1S/C12H15NO2/c1-15-12(14)11-8-5-9-13(11)10-6-3-2-4-7-10/h2-4,6-7,11H,5,8-9H2,1H3. The summed E-state index contributed by atoms with van der Waals surface area (Å²) in [5.74, 6) is -0.128. The SMILES string of the molecule is COC(=O)C1CCCN1c1ccccc1. The Balaban J connectivity index is 2.18. The van der Waals surface area contributed by atoms with E-state index in [0.29, 0.717) is 0 Å². The molecule has 0 aliphatic carbocycles. The predicted molar refractivity (Wildman–Crippen MR) is 58.8 cm³/mol. The highest BCUT2D eigenvalue weighted by Gasteiger charge is 2.31. The third kappa shape index (κ3) is 1.96. The van der Waals surface area contributed by atoms with Crippen LogP contribution < -0.4 is 4.90 Å². The van der Waals surface area contributed by atoms with Crippen molar-refractivity contribution in [2.75, 3.05) is 18.6 Å². The molecule has 1 fully saturated rings. The molecule has 1 unspecified atom stereocenters. The number of carbonyl (C=O) groups is 1. The minimum Gasteiger partial charge on any atom is -0.467 e. The van der Waals surface area contributed by atoms with Crippen molar-refractivity contribution in [1.82, 2.24) is 0 Å². The van der Waals surface area contributed by atoms with Crippen molar-refractivity contribution in [3.8, 4) is 0 Å². The normalized spacial score (nSPS) is 20.3. The van der Waals surface area contributed by atoms with Gasteiger partial charge in [-0.15, -0.1) is 0 Å². The molecule has 1 aliphatic heterocycles. The van der Waals surface area contributed by atoms with Gasteiger partial charge in [-0.1, -0.05) is 18.2 Å². The summed E-state index contributed by atoms with van der Waals surface area (Å²) in [6.07, 6.45) is 1.94. The largest absolute Gasteiger partial charge is 0.467 e. The van der Waals surface area contributed by atoms with E-state index in [2.05, 4.69) is 4.90 Å². The van der Waals surface area contributed by atoms with Gasteiger partial charge in [-0.25, -0.2) is 4.79 Å². The molecule has 0 radical (unpaired) electrons. The first-order valence-corrected chi connectivity index (χ1v) is 5.22. The van der Waals surface area contributed by atoms with Gasteiger partial charge < -0.3 is 9.64 Å². The molecule has 1 aromatic rings. The average Bonchev–Trinajstić information content (AvgIpc) is 2.78. The Morgan fingerprint density at radius 2 is 2.13 bits per heavy atom. The van der Waals surface area contributed by atoms with E-state index >= 15 is 0 Å². The number of hydrogen-bond acceptors (Lipinski definition) is 3. The molecule has 15 heavy (non-hydrogen) atoms. The van der Waals surface area contributed by atoms with E-state index in [9.17, 15) is 4.79 Å². The van der Waals surface area contributed by atoms with Crippen molar-refractivity contribution < 1.29 is 9.53 Å². The zero-order chi connectivity index (χ0) is 10.7. The van der Waals surface area contributed by atoms with Gasteiger partial charge in [0.15, 0.2) is 0 Å². The fourth-order valence-corrected chi connectivity index (χ4v) is 2.08. The molecule has 0 amide bonds. The maximum Gasteiger partial charge on any atom is 0.328 e. The molecule has 80 valence electrons. The lowest BCUT2D eigenvalue weighted by molar-refractivity contribution is -0.141. The van der Waals surface area contributed by atoms with Crippen LogP contribution in [0, 0.1) is 0 Å². The number of methoxy groups -OCH3 is 1. The highest BCUT2D eigenvalue weighted by Crippen LogP contribution is 2.25. The molecule has 3 nitrogen and oxygen atoms in total. The van der Waals surface area contributed by atoms with Crippen molar-refractivity contribution in [1.29, 1.82) is 0 Å². The number of hydrogen-bond donors (Lipinski definition) is 0. The molecule has 3 heteroatoms. The summed E-state index contributed by atoms with van der Waals surface area (Å²) in [6, 6.07) is 9.91. The van der Waals surface area contributed by atoms with E-state index < -0.39 is 0 Å². The topological polar surface area (TPSA) is 29.5 Å². The summed E-state index contributed by atoms with van der Waals surface area (Å²) < 4.78 is 4.81. The Bertz CT molecular complexity index is 337. The van der Waals surface area contributed by atoms with Crippen molar-refractivity contribution in [2.45, 2.75) is 18.9 Å². The van der Waals surface area contributed by atoms with Crippen molar-refractivity contribution in [3.05, 3.63) is 30.3 Å². The van der Waals surface area contributed by atoms with Gasteiger partial charge in [-0.05, 0) is 25.0 Å². The molecule has 1 atom stereocenters.